The number of aromatic nitrogens is 1. The number of nitrogens with zero attached hydrogens (tertiary/aromatic N) is 2. The second kappa shape index (κ2) is 9.32. The lowest BCUT2D eigenvalue weighted by atomic mass is 10.1. The van der Waals surface area contributed by atoms with Crippen LogP contribution in [0.5, 0.6) is 5.88 Å². The maximum Gasteiger partial charge on any atom is 0.315 e. The van der Waals surface area contributed by atoms with Gasteiger partial charge in [0.2, 0.25) is 5.88 Å². The first kappa shape index (κ1) is 17.5. The summed E-state index contributed by atoms with van der Waals surface area (Å²) in [5.41, 5.74) is 0.805. The van der Waals surface area contributed by atoms with E-state index in [-0.39, 0.29) is 12.6 Å². The van der Waals surface area contributed by atoms with E-state index in [1.807, 2.05) is 6.07 Å². The molecule has 1 aliphatic heterocycles. The molecule has 1 atom stereocenters. The molecule has 1 aromatic heterocycles. The summed E-state index contributed by atoms with van der Waals surface area (Å²) in [4.78, 5) is 18.1. The van der Waals surface area contributed by atoms with Gasteiger partial charge < -0.3 is 25.4 Å². The van der Waals surface area contributed by atoms with Crippen molar-refractivity contribution in [2.24, 2.45) is 0 Å². The van der Waals surface area contributed by atoms with Gasteiger partial charge in [0.1, 0.15) is 0 Å². The van der Waals surface area contributed by atoms with E-state index in [1.54, 1.807) is 19.4 Å². The van der Waals surface area contributed by atoms with Crippen LogP contribution in [-0.4, -0.2) is 60.4 Å². The Morgan fingerprint density at radius 1 is 1.39 bits per heavy atom. The Morgan fingerprint density at radius 3 is 2.91 bits per heavy atom. The van der Waals surface area contributed by atoms with Crippen LogP contribution in [0.25, 0.3) is 0 Å². The van der Waals surface area contributed by atoms with Crippen LogP contribution in [0.1, 0.15) is 24.8 Å². The molecule has 0 saturated carbocycles. The number of carbonyl (C=O) groups is 1. The highest BCUT2D eigenvalue weighted by Gasteiger charge is 2.15. The second-order valence-corrected chi connectivity index (χ2v) is 5.75. The fourth-order valence-electron chi connectivity index (χ4n) is 2.70. The lowest BCUT2D eigenvalue weighted by Gasteiger charge is -2.28. The van der Waals surface area contributed by atoms with Gasteiger partial charge in [0, 0.05) is 31.4 Å². The van der Waals surface area contributed by atoms with Crippen LogP contribution in [0, 0.1) is 0 Å². The summed E-state index contributed by atoms with van der Waals surface area (Å²) in [6.45, 7) is 3.24. The molecule has 0 aliphatic carbocycles. The molecule has 1 aromatic rings. The zero-order valence-electron chi connectivity index (χ0n) is 13.6. The van der Waals surface area contributed by atoms with Gasteiger partial charge >= 0.3 is 6.03 Å². The van der Waals surface area contributed by atoms with Gasteiger partial charge in [-0.3, -0.25) is 0 Å². The molecule has 0 radical (unpaired) electrons. The number of amides is 2. The van der Waals surface area contributed by atoms with Crippen molar-refractivity contribution in [3.05, 3.63) is 23.9 Å². The first-order chi connectivity index (χ1) is 11.2. The Bertz CT molecular complexity index is 492. The monoisotopic (exact) mass is 322 g/mol. The summed E-state index contributed by atoms with van der Waals surface area (Å²) >= 11 is 0. The van der Waals surface area contributed by atoms with E-state index in [1.165, 1.54) is 19.3 Å². The van der Waals surface area contributed by atoms with Crippen LogP contribution in [0.3, 0.4) is 0 Å². The van der Waals surface area contributed by atoms with Crippen molar-refractivity contribution in [2.75, 3.05) is 33.3 Å². The summed E-state index contributed by atoms with van der Waals surface area (Å²) in [6.07, 6.45) is 4.73. The van der Waals surface area contributed by atoms with Crippen LogP contribution >= 0.6 is 0 Å². The van der Waals surface area contributed by atoms with Gasteiger partial charge in [-0.05, 0) is 32.0 Å². The van der Waals surface area contributed by atoms with Crippen LogP contribution in [0.2, 0.25) is 0 Å². The van der Waals surface area contributed by atoms with Crippen molar-refractivity contribution in [1.82, 2.24) is 20.5 Å². The van der Waals surface area contributed by atoms with Crippen molar-refractivity contribution in [2.45, 2.75) is 31.9 Å². The van der Waals surface area contributed by atoms with E-state index in [0.717, 1.165) is 18.7 Å². The Morgan fingerprint density at radius 2 is 2.17 bits per heavy atom. The number of hydrogen-bond acceptors (Lipinski definition) is 5. The number of likely N-dealkylation sites (tertiary alicyclic amines) is 1. The van der Waals surface area contributed by atoms with E-state index < -0.39 is 6.10 Å². The van der Waals surface area contributed by atoms with E-state index in [9.17, 15) is 9.90 Å². The molecule has 3 N–H and O–H groups in total. The quantitative estimate of drug-likeness (QED) is 0.689. The highest BCUT2D eigenvalue weighted by atomic mass is 16.5. The second-order valence-electron chi connectivity index (χ2n) is 5.75. The number of β-amino-alcohol motifs (C(OH)–C–C–N with tert-alkyl or cyclic N) is 1. The van der Waals surface area contributed by atoms with Crippen LogP contribution < -0.4 is 15.4 Å². The summed E-state index contributed by atoms with van der Waals surface area (Å²) in [6, 6.07) is 3.32. The number of carbonyl (C=O) groups excluding carboxylic acids is 1. The van der Waals surface area contributed by atoms with Gasteiger partial charge in [-0.15, -0.1) is 0 Å². The van der Waals surface area contributed by atoms with Gasteiger partial charge in [0.05, 0.1) is 13.2 Å². The first-order valence-electron chi connectivity index (χ1n) is 8.09. The molecule has 0 aromatic carbocycles. The van der Waals surface area contributed by atoms with Gasteiger partial charge in [-0.1, -0.05) is 12.5 Å². The molecular weight excluding hydrogens is 296 g/mol. The van der Waals surface area contributed by atoms with Crippen molar-refractivity contribution in [3.8, 4) is 5.88 Å². The number of nitrogens with one attached hydrogen (secondary N) is 2. The number of aliphatic hydroxyl groups excluding tert-OH is 1. The fraction of sp³-hybridized carbons (Fsp3) is 0.625. The average Bonchev–Trinajstić information content (AvgIpc) is 2.59. The minimum atomic E-state index is -0.549. The molecule has 2 heterocycles. The largest absolute Gasteiger partial charge is 0.481 e. The Balaban J connectivity index is 1.66. The number of urea groups is 1. The highest BCUT2D eigenvalue weighted by molar-refractivity contribution is 5.73. The zero-order valence-corrected chi connectivity index (χ0v) is 13.6. The lowest BCUT2D eigenvalue weighted by molar-refractivity contribution is 0.101. The highest BCUT2D eigenvalue weighted by Crippen LogP contribution is 2.12. The number of ether oxygens (including phenoxy) is 1. The molecule has 2 rings (SSSR count). The number of rotatable bonds is 7. The van der Waals surface area contributed by atoms with E-state index in [2.05, 4.69) is 20.5 Å². The molecule has 1 saturated heterocycles. The number of piperidine rings is 1. The standard InChI is InChI=1S/C16H26N4O3/c1-23-15-13(6-5-7-17-15)10-18-16(22)19-11-14(21)12-20-8-3-2-4-9-20/h5-7,14,21H,2-4,8-12H2,1H3,(H2,18,19,22)/t14-/m1/s1. The lowest BCUT2D eigenvalue weighted by Crippen LogP contribution is -2.44. The van der Waals surface area contributed by atoms with E-state index in [4.69, 9.17) is 4.74 Å². The molecule has 0 bridgehead atoms. The van der Waals surface area contributed by atoms with Gasteiger partial charge in [-0.25, -0.2) is 9.78 Å². The third kappa shape index (κ3) is 6.03. The van der Waals surface area contributed by atoms with Crippen molar-refractivity contribution >= 4 is 6.03 Å². The molecule has 0 spiro atoms. The zero-order chi connectivity index (χ0) is 16.5. The summed E-state index contributed by atoms with van der Waals surface area (Å²) < 4.78 is 5.13. The first-order valence-corrected chi connectivity index (χ1v) is 8.09. The summed E-state index contributed by atoms with van der Waals surface area (Å²) in [5, 5.41) is 15.4. The molecule has 1 aliphatic rings. The topological polar surface area (TPSA) is 86.7 Å². The minimum absolute atomic E-state index is 0.243. The molecule has 7 heteroatoms. The Labute approximate surface area is 137 Å². The molecule has 0 unspecified atom stereocenters. The molecular formula is C16H26N4O3. The summed E-state index contributed by atoms with van der Waals surface area (Å²) in [5.74, 6) is 0.498. The molecule has 7 nitrogen and oxygen atoms in total. The van der Waals surface area contributed by atoms with Crippen LogP contribution in [0.4, 0.5) is 4.79 Å². The Kier molecular flexibility index (Phi) is 7.09. The maximum absolute atomic E-state index is 11.8. The van der Waals surface area contributed by atoms with Gasteiger partial charge in [-0.2, -0.15) is 0 Å². The molecule has 23 heavy (non-hydrogen) atoms. The SMILES string of the molecule is COc1ncccc1CNC(=O)NC[C@@H](O)CN1CCCCC1. The number of aliphatic hydroxyl groups is 1. The third-order valence-corrected chi connectivity index (χ3v) is 3.90. The predicted molar refractivity (Wildman–Crippen MR) is 87.3 cm³/mol. The smallest absolute Gasteiger partial charge is 0.315 e. The normalized spacial score (nSPS) is 16.6. The number of pyridine rings is 1. The summed E-state index contributed by atoms with van der Waals surface area (Å²) in [7, 11) is 1.54. The van der Waals surface area contributed by atoms with Crippen molar-refractivity contribution in [3.63, 3.8) is 0 Å². The van der Waals surface area contributed by atoms with Gasteiger partial charge in [0.25, 0.3) is 0 Å². The number of methoxy groups -OCH3 is 1. The van der Waals surface area contributed by atoms with Gasteiger partial charge in [0.15, 0.2) is 0 Å². The minimum Gasteiger partial charge on any atom is -0.481 e. The molecule has 2 amide bonds. The van der Waals surface area contributed by atoms with E-state index >= 15 is 0 Å². The maximum atomic E-state index is 11.8. The average molecular weight is 322 g/mol. The fourth-order valence-corrected chi connectivity index (χ4v) is 2.70. The Hall–Kier alpha value is -1.86. The molecule has 128 valence electrons. The van der Waals surface area contributed by atoms with Crippen molar-refractivity contribution < 1.29 is 14.6 Å². The van der Waals surface area contributed by atoms with Crippen LogP contribution in [0.15, 0.2) is 18.3 Å². The molecule has 1 fully saturated rings. The predicted octanol–water partition coefficient (Wildman–Crippen LogP) is 0.736. The number of hydrogen-bond donors (Lipinski definition) is 3. The third-order valence-electron chi connectivity index (χ3n) is 3.90. The van der Waals surface area contributed by atoms with Crippen molar-refractivity contribution in [1.29, 1.82) is 0 Å². The van der Waals surface area contributed by atoms with E-state index in [0.29, 0.717) is 19.0 Å². The van der Waals surface area contributed by atoms with Crippen LogP contribution in [-0.2, 0) is 6.54 Å².